The molecule has 2 heterocycles. The van der Waals surface area contributed by atoms with Gasteiger partial charge in [-0.1, -0.05) is 48.0 Å². The van der Waals surface area contributed by atoms with Gasteiger partial charge >= 0.3 is 5.69 Å². The van der Waals surface area contributed by atoms with Crippen LogP contribution in [0.4, 0.5) is 0 Å². The number of hydrogen-bond acceptors (Lipinski definition) is 3. The molecule has 0 aliphatic carbocycles. The molecule has 0 bridgehead atoms. The molecule has 5 aromatic rings. The molecule has 6 heteroatoms. The second-order valence-electron chi connectivity index (χ2n) is 8.16. The Hall–Kier alpha value is -3.93. The Balaban J connectivity index is 1.72. The maximum Gasteiger partial charge on any atom is 0.361 e. The van der Waals surface area contributed by atoms with Gasteiger partial charge in [0.15, 0.2) is 5.82 Å². The first-order chi connectivity index (χ1) is 15.5. The topological polar surface area (TPSA) is 68.5 Å². The van der Waals surface area contributed by atoms with Gasteiger partial charge in [-0.3, -0.25) is 4.68 Å². The Morgan fingerprint density at radius 3 is 2.34 bits per heavy atom. The monoisotopic (exact) mass is 423 g/mol. The van der Waals surface area contributed by atoms with Crippen LogP contribution in [0.15, 0.2) is 65.5 Å². The fraction of sp³-hybridized carbons (Fsp3) is 0.192. The van der Waals surface area contributed by atoms with Gasteiger partial charge < -0.3 is 4.57 Å². The second-order valence-corrected chi connectivity index (χ2v) is 8.16. The number of aromatic nitrogens is 5. The lowest BCUT2D eigenvalue weighted by Crippen LogP contribution is -2.03. The fourth-order valence-corrected chi connectivity index (χ4v) is 4.47. The van der Waals surface area contributed by atoms with E-state index in [1.807, 2.05) is 12.1 Å². The number of hydrogen-bond donors (Lipinski definition) is 1. The van der Waals surface area contributed by atoms with E-state index in [2.05, 4.69) is 84.0 Å². The molecular weight excluding hydrogens is 398 g/mol. The maximum absolute atomic E-state index is 11.7. The number of nitrogens with one attached hydrogen (secondary N) is 1. The average molecular weight is 424 g/mol. The molecule has 1 N–H and O–H groups in total. The van der Waals surface area contributed by atoms with E-state index in [0.29, 0.717) is 5.82 Å². The van der Waals surface area contributed by atoms with Crippen molar-refractivity contribution >= 4 is 11.0 Å². The van der Waals surface area contributed by atoms with Crippen molar-refractivity contribution in [2.45, 2.75) is 27.3 Å². The lowest BCUT2D eigenvalue weighted by atomic mass is 9.94. The van der Waals surface area contributed by atoms with Gasteiger partial charge in [0, 0.05) is 24.7 Å². The van der Waals surface area contributed by atoms with Crippen LogP contribution in [0, 0.1) is 13.8 Å². The van der Waals surface area contributed by atoms with Crippen molar-refractivity contribution in [1.29, 1.82) is 0 Å². The average Bonchev–Trinajstić information content (AvgIpc) is 3.31. The molecule has 0 saturated carbocycles. The Morgan fingerprint density at radius 2 is 1.66 bits per heavy atom. The van der Waals surface area contributed by atoms with Gasteiger partial charge in [-0.2, -0.15) is 4.98 Å². The standard InChI is InChI=1S/C26H25N5O/c1-5-31-23-13-11-18(24-28-26(32)29-30(24)4)15-22(23)27-25(31)21-9-7-6-8-20(21)19-12-10-16(2)14-17(19)3/h6-15H,5H2,1-4H3,(H,29,32). The summed E-state index contributed by atoms with van der Waals surface area (Å²) >= 11 is 0. The number of rotatable bonds is 4. The number of fused-ring (bicyclic) bond motifs is 1. The van der Waals surface area contributed by atoms with E-state index in [-0.39, 0.29) is 5.69 Å². The molecule has 32 heavy (non-hydrogen) atoms. The van der Waals surface area contributed by atoms with Gasteiger partial charge in [0.25, 0.3) is 0 Å². The highest BCUT2D eigenvalue weighted by Gasteiger charge is 2.17. The number of imidazole rings is 1. The molecule has 0 unspecified atom stereocenters. The largest absolute Gasteiger partial charge is 0.361 e. The van der Waals surface area contributed by atoms with Crippen molar-refractivity contribution in [3.05, 3.63) is 82.3 Å². The SMILES string of the molecule is CCn1c(-c2ccccc2-c2ccc(C)cc2C)nc2cc(-c3nc(=O)[nH]n3C)ccc21. The minimum absolute atomic E-state index is 0.357. The van der Waals surface area contributed by atoms with Crippen molar-refractivity contribution in [3.63, 3.8) is 0 Å². The molecule has 6 nitrogen and oxygen atoms in total. The van der Waals surface area contributed by atoms with Crippen molar-refractivity contribution < 1.29 is 0 Å². The number of H-pyrrole nitrogens is 1. The van der Waals surface area contributed by atoms with Crippen LogP contribution in [0.2, 0.25) is 0 Å². The Morgan fingerprint density at radius 1 is 0.875 bits per heavy atom. The van der Waals surface area contributed by atoms with E-state index < -0.39 is 0 Å². The highest BCUT2D eigenvalue weighted by molar-refractivity contribution is 5.89. The van der Waals surface area contributed by atoms with Crippen LogP contribution in [0.25, 0.3) is 44.9 Å². The van der Waals surface area contributed by atoms with Crippen molar-refractivity contribution in [1.82, 2.24) is 24.3 Å². The summed E-state index contributed by atoms with van der Waals surface area (Å²) in [5.41, 5.74) is 8.43. The van der Waals surface area contributed by atoms with Crippen LogP contribution in [0.3, 0.4) is 0 Å². The highest BCUT2D eigenvalue weighted by atomic mass is 16.1. The minimum atomic E-state index is -0.357. The van der Waals surface area contributed by atoms with Crippen molar-refractivity contribution in [3.8, 4) is 33.9 Å². The Bertz CT molecular complexity index is 1520. The smallest absolute Gasteiger partial charge is 0.324 e. The Kier molecular flexibility index (Phi) is 4.78. The van der Waals surface area contributed by atoms with Crippen molar-refractivity contribution in [2.75, 3.05) is 0 Å². The molecule has 3 aromatic carbocycles. The first kappa shape index (κ1) is 20.0. The normalized spacial score (nSPS) is 11.4. The van der Waals surface area contributed by atoms with Crippen LogP contribution < -0.4 is 5.69 Å². The number of aryl methyl sites for hydroxylation is 4. The van der Waals surface area contributed by atoms with Gasteiger partial charge in [0.1, 0.15) is 5.82 Å². The maximum atomic E-state index is 11.7. The van der Waals surface area contributed by atoms with Gasteiger partial charge in [-0.15, -0.1) is 0 Å². The van der Waals surface area contributed by atoms with Gasteiger partial charge in [0.05, 0.1) is 11.0 Å². The molecule has 0 aliphatic rings. The van der Waals surface area contributed by atoms with E-state index in [0.717, 1.165) is 34.5 Å². The van der Waals surface area contributed by atoms with E-state index in [9.17, 15) is 4.79 Å². The van der Waals surface area contributed by atoms with Crippen LogP contribution in [-0.2, 0) is 13.6 Å². The summed E-state index contributed by atoms with van der Waals surface area (Å²) in [5, 5.41) is 2.67. The van der Waals surface area contributed by atoms with Gasteiger partial charge in [-0.25, -0.2) is 14.9 Å². The third-order valence-corrected chi connectivity index (χ3v) is 5.95. The summed E-state index contributed by atoms with van der Waals surface area (Å²) in [6.07, 6.45) is 0. The number of benzene rings is 3. The number of aromatic amines is 1. The lowest BCUT2D eigenvalue weighted by Gasteiger charge is -2.14. The Labute approximate surface area is 186 Å². The zero-order valence-corrected chi connectivity index (χ0v) is 18.7. The minimum Gasteiger partial charge on any atom is -0.324 e. The van der Waals surface area contributed by atoms with Crippen molar-refractivity contribution in [2.24, 2.45) is 7.05 Å². The fourth-order valence-electron chi connectivity index (χ4n) is 4.47. The van der Waals surface area contributed by atoms with Crippen LogP contribution >= 0.6 is 0 Å². The summed E-state index contributed by atoms with van der Waals surface area (Å²) in [6.45, 7) is 7.21. The predicted octanol–water partition coefficient (Wildman–Crippen LogP) is 5.10. The molecule has 5 rings (SSSR count). The molecule has 0 fully saturated rings. The zero-order valence-electron chi connectivity index (χ0n) is 18.7. The van der Waals surface area contributed by atoms with Crippen LogP contribution in [-0.4, -0.2) is 24.3 Å². The number of nitrogens with zero attached hydrogens (tertiary/aromatic N) is 4. The predicted molar refractivity (Wildman–Crippen MR) is 129 cm³/mol. The molecule has 0 aliphatic heterocycles. The van der Waals surface area contributed by atoms with E-state index in [4.69, 9.17) is 4.98 Å². The first-order valence-electron chi connectivity index (χ1n) is 10.8. The zero-order chi connectivity index (χ0) is 22.4. The summed E-state index contributed by atoms with van der Waals surface area (Å²) in [6, 6.07) is 21.1. The molecular formula is C26H25N5O. The van der Waals surface area contributed by atoms with Crippen LogP contribution in [0.5, 0.6) is 0 Å². The van der Waals surface area contributed by atoms with E-state index >= 15 is 0 Å². The van der Waals surface area contributed by atoms with Gasteiger partial charge in [-0.05, 0) is 55.7 Å². The second kappa shape index (κ2) is 7.64. The third-order valence-electron chi connectivity index (χ3n) is 5.95. The quantitative estimate of drug-likeness (QED) is 0.437. The van der Waals surface area contributed by atoms with E-state index in [1.165, 1.54) is 22.3 Å². The highest BCUT2D eigenvalue weighted by Crippen LogP contribution is 2.36. The van der Waals surface area contributed by atoms with Crippen LogP contribution in [0.1, 0.15) is 18.1 Å². The molecule has 0 atom stereocenters. The summed E-state index contributed by atoms with van der Waals surface area (Å²) in [7, 11) is 1.78. The van der Waals surface area contributed by atoms with E-state index in [1.54, 1.807) is 11.7 Å². The first-order valence-corrected chi connectivity index (χ1v) is 10.8. The summed E-state index contributed by atoms with van der Waals surface area (Å²) < 4.78 is 3.88. The third kappa shape index (κ3) is 3.24. The molecule has 0 radical (unpaired) electrons. The molecule has 0 spiro atoms. The summed E-state index contributed by atoms with van der Waals surface area (Å²) in [4.78, 5) is 20.8. The summed E-state index contributed by atoms with van der Waals surface area (Å²) in [5.74, 6) is 1.53. The molecule has 160 valence electrons. The lowest BCUT2D eigenvalue weighted by molar-refractivity contribution is 0.764. The molecule has 0 saturated heterocycles. The van der Waals surface area contributed by atoms with Gasteiger partial charge in [0.2, 0.25) is 0 Å². The molecule has 0 amide bonds. The molecule has 2 aromatic heterocycles.